The van der Waals surface area contributed by atoms with Crippen LogP contribution in [-0.2, 0) is 10.8 Å². The summed E-state index contributed by atoms with van der Waals surface area (Å²) in [6.45, 7) is 19.1. The van der Waals surface area contributed by atoms with E-state index >= 15 is 0 Å². The van der Waals surface area contributed by atoms with Gasteiger partial charge in [0.15, 0.2) is 0 Å². The fourth-order valence-corrected chi connectivity index (χ4v) is 6.08. The molecule has 5 rings (SSSR count). The molecule has 1 aliphatic heterocycles. The molecule has 1 unspecified atom stereocenters. The highest BCUT2D eigenvalue weighted by Crippen LogP contribution is 2.64. The lowest BCUT2D eigenvalue weighted by Crippen LogP contribution is -2.42. The van der Waals surface area contributed by atoms with Gasteiger partial charge in [0.25, 0.3) is 0 Å². The van der Waals surface area contributed by atoms with Crippen molar-refractivity contribution in [3.8, 4) is 0 Å². The van der Waals surface area contributed by atoms with E-state index in [2.05, 4.69) is 132 Å². The van der Waals surface area contributed by atoms with Gasteiger partial charge in [-0.25, -0.2) is 0 Å². The molecule has 1 atom stereocenters. The summed E-state index contributed by atoms with van der Waals surface area (Å²) in [5, 5.41) is 0. The number of anilines is 4. The maximum Gasteiger partial charge on any atom is 0.108 e. The topological polar surface area (TPSA) is 6.48 Å². The first-order valence-corrected chi connectivity index (χ1v) is 11.9. The number of rotatable bonds is 2. The van der Waals surface area contributed by atoms with E-state index in [1.165, 1.54) is 39.4 Å². The van der Waals surface area contributed by atoms with Crippen molar-refractivity contribution in [1.29, 1.82) is 0 Å². The Morgan fingerprint density at radius 3 is 1.69 bits per heavy atom. The van der Waals surface area contributed by atoms with Gasteiger partial charge in [-0.3, -0.25) is 0 Å². The number of benzene rings is 3. The largest absolute Gasteiger partial charge is 0.319 e. The average Bonchev–Trinajstić information content (AvgIpc) is 3.08. The first kappa shape index (κ1) is 21.1. The van der Waals surface area contributed by atoms with Crippen LogP contribution in [0.4, 0.5) is 22.7 Å². The molecule has 0 fully saturated rings. The molecule has 0 N–H and O–H groups in total. The summed E-state index contributed by atoms with van der Waals surface area (Å²) in [5.41, 5.74) is 9.76. The molecule has 0 aromatic heterocycles. The predicted molar refractivity (Wildman–Crippen MR) is 138 cm³/mol. The first-order valence-electron chi connectivity index (χ1n) is 11.9. The van der Waals surface area contributed by atoms with Crippen LogP contribution in [0, 0.1) is 12.3 Å². The van der Waals surface area contributed by atoms with Crippen LogP contribution in [0.2, 0.25) is 0 Å². The van der Waals surface area contributed by atoms with E-state index in [0.29, 0.717) is 0 Å². The standard InChI is InChI=1S/C30H36N2/c1-20-14-12-13-17-25(20)32-21(2)31(22-15-10-9-11-16-22)26-18-23-24(19-27(26)32)29(5,6)30(7,8)28(23,3)4/h9-19,21H,1-8H3. The zero-order valence-corrected chi connectivity index (χ0v) is 20.8. The van der Waals surface area contributed by atoms with Crippen molar-refractivity contribution in [2.75, 3.05) is 9.80 Å². The molecule has 2 heteroatoms. The average molecular weight is 425 g/mol. The molecule has 166 valence electrons. The first-order chi connectivity index (χ1) is 15.0. The van der Waals surface area contributed by atoms with Crippen LogP contribution < -0.4 is 9.80 Å². The molecule has 1 heterocycles. The SMILES string of the molecule is Cc1ccccc1N1c2cc3c(cc2N(c2ccccc2)C1C)C(C)(C)C(C)(C)C3(C)C. The Balaban J connectivity index is 1.81. The number of hydrogen-bond donors (Lipinski definition) is 0. The van der Waals surface area contributed by atoms with Crippen molar-refractivity contribution in [2.45, 2.75) is 72.4 Å². The van der Waals surface area contributed by atoms with Crippen LogP contribution in [-0.4, -0.2) is 6.17 Å². The van der Waals surface area contributed by atoms with E-state index in [4.69, 9.17) is 0 Å². The summed E-state index contributed by atoms with van der Waals surface area (Å²) < 4.78 is 0. The van der Waals surface area contributed by atoms with E-state index in [1.807, 2.05) is 0 Å². The highest BCUT2D eigenvalue weighted by Gasteiger charge is 2.57. The third kappa shape index (κ3) is 2.53. The molecule has 0 saturated heterocycles. The minimum Gasteiger partial charge on any atom is -0.319 e. The van der Waals surface area contributed by atoms with Crippen LogP contribution in [0.1, 0.15) is 65.2 Å². The Labute approximate surface area is 193 Å². The van der Waals surface area contributed by atoms with Gasteiger partial charge >= 0.3 is 0 Å². The quantitative estimate of drug-likeness (QED) is 0.409. The van der Waals surface area contributed by atoms with Crippen molar-refractivity contribution in [2.24, 2.45) is 5.41 Å². The van der Waals surface area contributed by atoms with Crippen molar-refractivity contribution in [1.82, 2.24) is 0 Å². The number of fused-ring (bicyclic) bond motifs is 2. The molecule has 2 nitrogen and oxygen atoms in total. The summed E-state index contributed by atoms with van der Waals surface area (Å²) in [4.78, 5) is 5.04. The maximum absolute atomic E-state index is 2.53. The second kappa shape index (κ2) is 6.63. The van der Waals surface area contributed by atoms with Crippen molar-refractivity contribution in [3.05, 3.63) is 83.4 Å². The highest BCUT2D eigenvalue weighted by molar-refractivity contribution is 5.90. The van der Waals surface area contributed by atoms with Crippen LogP contribution in [0.25, 0.3) is 0 Å². The Hall–Kier alpha value is -2.74. The lowest BCUT2D eigenvalue weighted by molar-refractivity contribution is 0.125. The van der Waals surface area contributed by atoms with Crippen molar-refractivity contribution in [3.63, 3.8) is 0 Å². The highest BCUT2D eigenvalue weighted by atomic mass is 15.4. The van der Waals surface area contributed by atoms with Crippen LogP contribution in [0.5, 0.6) is 0 Å². The fraction of sp³-hybridized carbons (Fsp3) is 0.400. The van der Waals surface area contributed by atoms with Crippen molar-refractivity contribution < 1.29 is 0 Å². The Morgan fingerprint density at radius 2 is 1.12 bits per heavy atom. The van der Waals surface area contributed by atoms with E-state index in [0.717, 1.165) is 0 Å². The second-order valence-corrected chi connectivity index (χ2v) is 11.3. The molecule has 1 aliphatic carbocycles. The fourth-order valence-electron chi connectivity index (χ4n) is 6.08. The van der Waals surface area contributed by atoms with Crippen LogP contribution >= 0.6 is 0 Å². The van der Waals surface area contributed by atoms with Crippen LogP contribution in [0.3, 0.4) is 0 Å². The van der Waals surface area contributed by atoms with Gasteiger partial charge in [0.1, 0.15) is 6.17 Å². The van der Waals surface area contributed by atoms with E-state index in [-0.39, 0.29) is 22.4 Å². The van der Waals surface area contributed by atoms with E-state index in [1.54, 1.807) is 0 Å². The summed E-state index contributed by atoms with van der Waals surface area (Å²) in [6.07, 6.45) is 0.190. The number of aryl methyl sites for hydroxylation is 1. The van der Waals surface area contributed by atoms with Gasteiger partial charge in [0.2, 0.25) is 0 Å². The summed E-state index contributed by atoms with van der Waals surface area (Å²) in [6, 6.07) is 24.6. The molecule has 0 bridgehead atoms. The van der Waals surface area contributed by atoms with Gasteiger partial charge in [0, 0.05) is 11.4 Å². The van der Waals surface area contributed by atoms with Gasteiger partial charge in [-0.1, -0.05) is 77.9 Å². The Morgan fingerprint density at radius 1 is 0.625 bits per heavy atom. The third-order valence-corrected chi connectivity index (χ3v) is 9.26. The number of para-hydroxylation sites is 2. The smallest absolute Gasteiger partial charge is 0.108 e. The Kier molecular flexibility index (Phi) is 4.38. The molecule has 32 heavy (non-hydrogen) atoms. The molecule has 0 amide bonds. The number of hydrogen-bond acceptors (Lipinski definition) is 2. The minimum atomic E-state index is 0.0850. The van der Waals surface area contributed by atoms with E-state index < -0.39 is 0 Å². The molecule has 0 spiro atoms. The maximum atomic E-state index is 2.53. The molecule has 3 aromatic rings. The molecule has 0 saturated carbocycles. The molecule has 0 radical (unpaired) electrons. The normalized spacial score (nSPS) is 22.1. The monoisotopic (exact) mass is 424 g/mol. The zero-order chi connectivity index (χ0) is 23.1. The predicted octanol–water partition coefficient (Wildman–Crippen LogP) is 8.23. The molecular weight excluding hydrogens is 388 g/mol. The van der Waals surface area contributed by atoms with E-state index in [9.17, 15) is 0 Å². The Bertz CT molecular complexity index is 1190. The summed E-state index contributed by atoms with van der Waals surface area (Å²) >= 11 is 0. The number of nitrogens with zero attached hydrogens (tertiary/aromatic N) is 2. The van der Waals surface area contributed by atoms with Crippen molar-refractivity contribution >= 4 is 22.7 Å². The van der Waals surface area contributed by atoms with Gasteiger partial charge in [0.05, 0.1) is 11.4 Å². The third-order valence-electron chi connectivity index (χ3n) is 9.26. The molecular formula is C30H36N2. The molecule has 2 aliphatic rings. The van der Waals surface area contributed by atoms with Gasteiger partial charge in [-0.2, -0.15) is 0 Å². The van der Waals surface area contributed by atoms with Gasteiger partial charge in [-0.15, -0.1) is 0 Å². The lowest BCUT2D eigenvalue weighted by Gasteiger charge is -2.44. The summed E-state index contributed by atoms with van der Waals surface area (Å²) in [5.74, 6) is 0. The van der Waals surface area contributed by atoms with Crippen LogP contribution in [0.15, 0.2) is 66.7 Å². The summed E-state index contributed by atoms with van der Waals surface area (Å²) in [7, 11) is 0. The lowest BCUT2D eigenvalue weighted by atomic mass is 9.59. The van der Waals surface area contributed by atoms with Gasteiger partial charge in [-0.05, 0) is 77.1 Å². The minimum absolute atomic E-state index is 0.0850. The molecule has 3 aromatic carbocycles. The zero-order valence-electron chi connectivity index (χ0n) is 20.8. The second-order valence-electron chi connectivity index (χ2n) is 11.3. The van der Waals surface area contributed by atoms with Gasteiger partial charge < -0.3 is 9.80 Å².